The van der Waals surface area contributed by atoms with Crippen LogP contribution in [-0.4, -0.2) is 15.3 Å². The fraction of sp³-hybridized carbons (Fsp3) is 0.167. The van der Waals surface area contributed by atoms with Crippen molar-refractivity contribution in [2.24, 2.45) is 0 Å². The van der Waals surface area contributed by atoms with E-state index in [9.17, 15) is 26.3 Å². The van der Waals surface area contributed by atoms with Crippen molar-refractivity contribution < 1.29 is 26.3 Å². The van der Waals surface area contributed by atoms with E-state index < -0.39 is 55.5 Å². The SMILES string of the molecule is N#[13C][13c]1nn(-c2c(Cl)cc(C(F)(F)F)cc2Cl)[13c](N)[13c]1SC(F)(F)F. The van der Waals surface area contributed by atoms with Crippen LogP contribution >= 0.6 is 35.0 Å². The molecule has 1 aromatic carbocycles. The first-order chi connectivity index (χ1) is 11.3. The minimum absolute atomic E-state index is 0.376. The van der Waals surface area contributed by atoms with Crippen LogP contribution in [0.5, 0.6) is 0 Å². The van der Waals surface area contributed by atoms with E-state index in [4.69, 9.17) is 34.2 Å². The highest BCUT2D eigenvalue weighted by Crippen LogP contribution is 2.44. The van der Waals surface area contributed by atoms with Crippen LogP contribution in [0.4, 0.5) is 32.2 Å². The van der Waals surface area contributed by atoms with Crippen LogP contribution in [0.2, 0.25) is 10.0 Å². The van der Waals surface area contributed by atoms with Gasteiger partial charge >= 0.3 is 11.7 Å². The number of nitrogens with two attached hydrogens (primary N) is 1. The maximum atomic E-state index is 12.7. The van der Waals surface area contributed by atoms with Gasteiger partial charge in [0.05, 0.1) is 20.5 Å². The summed E-state index contributed by atoms with van der Waals surface area (Å²) in [6.07, 6.45) is -4.74. The van der Waals surface area contributed by atoms with Crippen molar-refractivity contribution in [1.29, 1.82) is 5.26 Å². The monoisotopic (exact) mass is 424 g/mol. The van der Waals surface area contributed by atoms with E-state index >= 15 is 0 Å². The third kappa shape index (κ3) is 4.08. The first kappa shape index (κ1) is 19.6. The average Bonchev–Trinajstić information content (AvgIpc) is 2.73. The highest BCUT2D eigenvalue weighted by atomic mass is 35.5. The van der Waals surface area contributed by atoms with E-state index in [1.807, 2.05) is 0 Å². The van der Waals surface area contributed by atoms with Crippen molar-refractivity contribution in [3.05, 3.63) is 33.4 Å². The van der Waals surface area contributed by atoms with Gasteiger partial charge in [-0.05, 0) is 23.9 Å². The van der Waals surface area contributed by atoms with E-state index in [0.717, 1.165) is 0 Å². The number of nitrogens with zero attached hydrogens (tertiary/aromatic N) is 3. The number of thioether (sulfide) groups is 1. The van der Waals surface area contributed by atoms with Crippen LogP contribution in [0.3, 0.4) is 0 Å². The largest absolute Gasteiger partial charge is 0.446 e. The lowest BCUT2D eigenvalue weighted by atomic mass is 10.2. The normalized spacial score (nSPS) is 12.3. The Labute approximate surface area is 150 Å². The number of hydrogen-bond donors (Lipinski definition) is 1. The van der Waals surface area contributed by atoms with Crippen molar-refractivity contribution in [3.8, 4) is 11.8 Å². The summed E-state index contributed by atoms with van der Waals surface area (Å²) in [5, 5.41) is 11.4. The Balaban J connectivity index is 2.66. The zero-order valence-electron chi connectivity index (χ0n) is 11.5. The summed E-state index contributed by atoms with van der Waals surface area (Å²) in [6, 6.07) is 2.47. The zero-order valence-corrected chi connectivity index (χ0v) is 13.8. The highest BCUT2D eigenvalue weighted by molar-refractivity contribution is 8.00. The van der Waals surface area contributed by atoms with Gasteiger partial charge in [-0.3, -0.25) is 0 Å². The highest BCUT2D eigenvalue weighted by Gasteiger charge is 2.35. The molecule has 0 saturated carbocycles. The van der Waals surface area contributed by atoms with Gasteiger partial charge in [-0.15, -0.1) is 0 Å². The lowest BCUT2D eigenvalue weighted by Gasteiger charge is -2.13. The van der Waals surface area contributed by atoms with Crippen molar-refractivity contribution in [2.75, 3.05) is 5.73 Å². The molecule has 0 unspecified atom stereocenters. The average molecular weight is 425 g/mol. The Kier molecular flexibility index (Phi) is 5.09. The number of halogens is 8. The molecule has 0 aliphatic heterocycles. The van der Waals surface area contributed by atoms with Crippen molar-refractivity contribution in [3.63, 3.8) is 0 Å². The number of hydrogen-bond acceptors (Lipinski definition) is 4. The number of aromatic nitrogens is 2. The van der Waals surface area contributed by atoms with Crippen LogP contribution in [-0.2, 0) is 6.18 Å². The number of rotatable bonds is 2. The maximum Gasteiger partial charge on any atom is 0.446 e. The molecule has 2 N–H and O–H groups in total. The van der Waals surface area contributed by atoms with Gasteiger partial charge in [0.2, 0.25) is 0 Å². The minimum atomic E-state index is -4.76. The van der Waals surface area contributed by atoms with Gasteiger partial charge in [0.15, 0.2) is 5.69 Å². The molecule has 0 saturated heterocycles. The first-order valence-corrected chi connectivity index (χ1v) is 7.53. The number of alkyl halides is 6. The van der Waals surface area contributed by atoms with Gasteiger partial charge in [-0.1, -0.05) is 23.2 Å². The van der Waals surface area contributed by atoms with Gasteiger partial charge in [0, 0.05) is 0 Å². The van der Waals surface area contributed by atoms with Crippen LogP contribution in [0.25, 0.3) is 5.69 Å². The van der Waals surface area contributed by atoms with E-state index in [1.54, 1.807) is 0 Å². The Morgan fingerprint density at radius 3 is 2.04 bits per heavy atom. The lowest BCUT2D eigenvalue weighted by molar-refractivity contribution is -0.137. The summed E-state index contributed by atoms with van der Waals surface area (Å²) in [5.74, 6) is -0.637. The Morgan fingerprint density at radius 2 is 1.64 bits per heavy atom. The molecule has 25 heavy (non-hydrogen) atoms. The van der Waals surface area contributed by atoms with E-state index in [0.29, 0.717) is 16.8 Å². The van der Waals surface area contributed by atoms with E-state index in [-0.39, 0.29) is 5.69 Å². The second kappa shape index (κ2) is 6.51. The topological polar surface area (TPSA) is 67.6 Å². The van der Waals surface area contributed by atoms with Crippen LogP contribution < -0.4 is 5.73 Å². The molecular weight excluding hydrogens is 421 g/mol. The Hall–Kier alpha value is -1.77. The molecule has 0 bridgehead atoms. The molecule has 0 atom stereocenters. The molecule has 4 nitrogen and oxygen atoms in total. The molecule has 2 rings (SSSR count). The number of anilines is 1. The second-order valence-corrected chi connectivity index (χ2v) is 6.31. The van der Waals surface area contributed by atoms with Gasteiger partial charge in [0.1, 0.15) is 17.6 Å². The molecule has 2 aromatic rings. The minimum Gasteiger partial charge on any atom is -0.383 e. The van der Waals surface area contributed by atoms with Crippen molar-refractivity contribution in [1.82, 2.24) is 9.78 Å². The molecule has 134 valence electrons. The summed E-state index contributed by atoms with van der Waals surface area (Å²) in [5.41, 5.74) is -1.41. The molecular formula is C12H4Cl2F6N4S. The zero-order chi connectivity index (χ0) is 19.2. The standard InChI is InChI=1S/C12H4Cl2F6N4S/c13-5-1-4(11(15,16)17)2-6(14)8(5)24-10(22)9(7(3-21)23-24)25-12(18,19)20/h1-2H,22H2/i3+1,7+1,9+1,10+1. The number of benzene rings is 1. The molecule has 13 heteroatoms. The summed E-state index contributed by atoms with van der Waals surface area (Å²) >= 11 is 10.9. The van der Waals surface area contributed by atoms with Crippen LogP contribution in [0.15, 0.2) is 17.0 Å². The van der Waals surface area contributed by atoms with E-state index in [1.165, 1.54) is 6.07 Å². The molecule has 0 radical (unpaired) electrons. The predicted molar refractivity (Wildman–Crippen MR) is 79.6 cm³/mol. The molecule has 0 amide bonds. The van der Waals surface area contributed by atoms with Gasteiger partial charge < -0.3 is 5.73 Å². The third-order valence-corrected chi connectivity index (χ3v) is 4.17. The van der Waals surface area contributed by atoms with Crippen molar-refractivity contribution >= 4 is 40.8 Å². The number of nitriles is 1. The molecule has 1 aromatic heterocycles. The Morgan fingerprint density at radius 1 is 1.12 bits per heavy atom. The summed E-state index contributed by atoms with van der Waals surface area (Å²) < 4.78 is 76.5. The third-order valence-electron chi connectivity index (χ3n) is 2.76. The fourth-order valence-corrected chi connectivity index (χ4v) is 3.06. The molecule has 0 spiro atoms. The van der Waals surface area contributed by atoms with Gasteiger partial charge in [-0.25, -0.2) is 4.68 Å². The summed E-state index contributed by atoms with van der Waals surface area (Å²) in [7, 11) is 0. The molecule has 1 heterocycles. The molecule has 0 aliphatic carbocycles. The first-order valence-electron chi connectivity index (χ1n) is 5.96. The second-order valence-electron chi connectivity index (χ2n) is 4.42. The van der Waals surface area contributed by atoms with E-state index in [2.05, 4.69) is 5.10 Å². The van der Waals surface area contributed by atoms with Gasteiger partial charge in [-0.2, -0.15) is 36.7 Å². The predicted octanol–water partition coefficient (Wildman–Crippen LogP) is 5.26. The smallest absolute Gasteiger partial charge is 0.383 e. The van der Waals surface area contributed by atoms with Crippen LogP contribution in [0.1, 0.15) is 11.3 Å². The maximum absolute atomic E-state index is 12.7. The fourth-order valence-electron chi connectivity index (χ4n) is 1.81. The number of nitrogen functional groups attached to an aromatic ring is 1. The molecule has 0 aliphatic rings. The summed E-state index contributed by atoms with van der Waals surface area (Å²) in [4.78, 5) is -0.706. The van der Waals surface area contributed by atoms with Crippen molar-refractivity contribution in [2.45, 2.75) is 16.6 Å². The quantitative estimate of drug-likeness (QED) is 0.405. The molecule has 0 fully saturated rings. The Bertz CT molecular complexity index is 845. The summed E-state index contributed by atoms with van der Waals surface area (Å²) in [6.45, 7) is 0. The lowest BCUT2D eigenvalue weighted by Crippen LogP contribution is -2.09. The van der Waals surface area contributed by atoms with Crippen LogP contribution in [0, 0.1) is 11.3 Å². The van der Waals surface area contributed by atoms with Gasteiger partial charge in [0.25, 0.3) is 0 Å².